The molecule has 0 heterocycles. The smallest absolute Gasteiger partial charge is 0.252 e. The van der Waals surface area contributed by atoms with Crippen molar-refractivity contribution >= 4 is 17.5 Å². The molecule has 19 heavy (non-hydrogen) atoms. The number of carbonyl (C=O) groups excluding carboxylic acids is 1. The van der Waals surface area contributed by atoms with E-state index in [0.717, 1.165) is 0 Å². The highest BCUT2D eigenvalue weighted by atomic mass is 35.5. The minimum atomic E-state index is -0.604. The van der Waals surface area contributed by atoms with Crippen LogP contribution in [-0.4, -0.2) is 11.0 Å². The summed E-state index contributed by atoms with van der Waals surface area (Å²) in [5.41, 5.74) is 6.12. The molecule has 2 rings (SSSR count). The molecule has 0 spiro atoms. The Morgan fingerprint density at radius 2 is 1.95 bits per heavy atom. The van der Waals surface area contributed by atoms with E-state index in [-0.39, 0.29) is 17.9 Å². The maximum absolute atomic E-state index is 11.3. The Morgan fingerprint density at radius 3 is 2.63 bits per heavy atom. The predicted molar refractivity (Wildman–Crippen MR) is 72.4 cm³/mol. The zero-order valence-electron chi connectivity index (χ0n) is 9.97. The molecule has 0 aliphatic rings. The maximum atomic E-state index is 11.3. The van der Waals surface area contributed by atoms with Gasteiger partial charge < -0.3 is 15.6 Å². The van der Waals surface area contributed by atoms with E-state index in [2.05, 4.69) is 0 Å². The molecular weight excluding hydrogens is 266 g/mol. The lowest BCUT2D eigenvalue weighted by atomic mass is 10.1. The Kier molecular flexibility index (Phi) is 4.04. The number of benzene rings is 2. The van der Waals surface area contributed by atoms with Crippen LogP contribution in [0.2, 0.25) is 5.02 Å². The van der Waals surface area contributed by atoms with Crippen LogP contribution in [0, 0.1) is 0 Å². The molecular formula is C14H12ClNO3. The molecule has 0 aromatic heterocycles. The summed E-state index contributed by atoms with van der Waals surface area (Å²) in [5, 5.41) is 9.66. The third kappa shape index (κ3) is 3.05. The first-order valence-electron chi connectivity index (χ1n) is 5.58. The first-order valence-corrected chi connectivity index (χ1v) is 5.95. The quantitative estimate of drug-likeness (QED) is 0.902. The van der Waals surface area contributed by atoms with Gasteiger partial charge in [0.05, 0.1) is 12.2 Å². The summed E-state index contributed by atoms with van der Waals surface area (Å²) in [5.74, 6) is 0.115. The van der Waals surface area contributed by atoms with Crippen LogP contribution in [0.4, 0.5) is 0 Å². The minimum absolute atomic E-state index is 0.164. The number of aliphatic hydroxyl groups excluding tert-OH is 1. The van der Waals surface area contributed by atoms with Crippen molar-refractivity contribution in [3.8, 4) is 11.5 Å². The van der Waals surface area contributed by atoms with Gasteiger partial charge in [-0.15, -0.1) is 0 Å². The highest BCUT2D eigenvalue weighted by Gasteiger charge is 2.12. The summed E-state index contributed by atoms with van der Waals surface area (Å²) in [7, 11) is 0. The van der Waals surface area contributed by atoms with E-state index in [1.165, 1.54) is 12.1 Å². The molecule has 2 aromatic rings. The van der Waals surface area contributed by atoms with E-state index in [1.807, 2.05) is 0 Å². The number of para-hydroxylation sites is 1. The summed E-state index contributed by atoms with van der Waals surface area (Å²) < 4.78 is 5.63. The number of amides is 1. The van der Waals surface area contributed by atoms with Gasteiger partial charge in [0.25, 0.3) is 5.91 Å². The second-order valence-electron chi connectivity index (χ2n) is 3.87. The van der Waals surface area contributed by atoms with Gasteiger partial charge in [0.1, 0.15) is 11.5 Å². The van der Waals surface area contributed by atoms with E-state index in [1.54, 1.807) is 30.3 Å². The fourth-order valence-electron chi connectivity index (χ4n) is 1.64. The van der Waals surface area contributed by atoms with Crippen LogP contribution in [0.5, 0.6) is 11.5 Å². The van der Waals surface area contributed by atoms with E-state index in [9.17, 15) is 9.90 Å². The lowest BCUT2D eigenvalue weighted by molar-refractivity contribution is 0.0998. The van der Waals surface area contributed by atoms with Crippen LogP contribution in [0.15, 0.2) is 42.5 Å². The summed E-state index contributed by atoms with van der Waals surface area (Å²) >= 11 is 5.88. The fourth-order valence-corrected chi connectivity index (χ4v) is 1.80. The maximum Gasteiger partial charge on any atom is 0.252 e. The van der Waals surface area contributed by atoms with Gasteiger partial charge in [0.2, 0.25) is 0 Å². The number of primary amides is 1. The molecule has 0 fully saturated rings. The van der Waals surface area contributed by atoms with Gasteiger partial charge in [0.15, 0.2) is 0 Å². The molecule has 4 nitrogen and oxygen atoms in total. The van der Waals surface area contributed by atoms with Gasteiger partial charge in [-0.2, -0.15) is 0 Å². The zero-order valence-corrected chi connectivity index (χ0v) is 10.7. The van der Waals surface area contributed by atoms with Crippen molar-refractivity contribution < 1.29 is 14.6 Å². The Balaban J connectivity index is 2.42. The van der Waals surface area contributed by atoms with Crippen molar-refractivity contribution in [2.24, 2.45) is 5.73 Å². The van der Waals surface area contributed by atoms with E-state index < -0.39 is 5.91 Å². The van der Waals surface area contributed by atoms with E-state index in [4.69, 9.17) is 22.1 Å². The van der Waals surface area contributed by atoms with Crippen molar-refractivity contribution in [1.82, 2.24) is 0 Å². The number of aliphatic hydroxyl groups is 1. The predicted octanol–water partition coefficient (Wildman–Crippen LogP) is 2.72. The lowest BCUT2D eigenvalue weighted by Crippen LogP contribution is -2.12. The van der Waals surface area contributed by atoms with Crippen LogP contribution in [0.1, 0.15) is 15.9 Å². The summed E-state index contributed by atoms with van der Waals surface area (Å²) in [6, 6.07) is 11.5. The van der Waals surface area contributed by atoms with E-state index in [0.29, 0.717) is 16.3 Å². The Bertz CT molecular complexity index is 613. The molecule has 0 radical (unpaired) electrons. The second kappa shape index (κ2) is 5.73. The van der Waals surface area contributed by atoms with Gasteiger partial charge in [-0.3, -0.25) is 4.79 Å². The van der Waals surface area contributed by atoms with Crippen LogP contribution in [-0.2, 0) is 6.61 Å². The van der Waals surface area contributed by atoms with Gasteiger partial charge in [-0.05, 0) is 18.2 Å². The number of ether oxygens (including phenoxy) is 1. The SMILES string of the molecule is NC(=O)c1ccc(Cl)cc1Oc1ccccc1CO. The van der Waals surface area contributed by atoms with Crippen molar-refractivity contribution in [1.29, 1.82) is 0 Å². The largest absolute Gasteiger partial charge is 0.456 e. The molecule has 3 N–H and O–H groups in total. The number of carbonyl (C=O) groups is 1. The topological polar surface area (TPSA) is 72.6 Å². The minimum Gasteiger partial charge on any atom is -0.456 e. The fraction of sp³-hybridized carbons (Fsp3) is 0.0714. The normalized spacial score (nSPS) is 10.2. The van der Waals surface area contributed by atoms with Gasteiger partial charge >= 0.3 is 0 Å². The zero-order chi connectivity index (χ0) is 13.8. The van der Waals surface area contributed by atoms with Crippen LogP contribution in [0.25, 0.3) is 0 Å². The molecule has 2 aromatic carbocycles. The highest BCUT2D eigenvalue weighted by Crippen LogP contribution is 2.30. The number of hydrogen-bond donors (Lipinski definition) is 2. The van der Waals surface area contributed by atoms with Crippen LogP contribution in [0.3, 0.4) is 0 Å². The summed E-state index contributed by atoms with van der Waals surface area (Å²) in [4.78, 5) is 11.3. The number of hydrogen-bond acceptors (Lipinski definition) is 3. The van der Waals surface area contributed by atoms with Crippen LogP contribution >= 0.6 is 11.6 Å². The van der Waals surface area contributed by atoms with Crippen LogP contribution < -0.4 is 10.5 Å². The number of rotatable bonds is 4. The average molecular weight is 278 g/mol. The second-order valence-corrected chi connectivity index (χ2v) is 4.31. The third-order valence-corrected chi connectivity index (χ3v) is 2.81. The van der Waals surface area contributed by atoms with Crippen molar-refractivity contribution in [2.75, 3.05) is 0 Å². The standard InChI is InChI=1S/C14H12ClNO3/c15-10-5-6-11(14(16)18)13(7-10)19-12-4-2-1-3-9(12)8-17/h1-7,17H,8H2,(H2,16,18). The first kappa shape index (κ1) is 13.4. The molecule has 0 aliphatic carbocycles. The Morgan fingerprint density at radius 1 is 1.21 bits per heavy atom. The lowest BCUT2D eigenvalue weighted by Gasteiger charge is -2.12. The van der Waals surface area contributed by atoms with Crippen molar-refractivity contribution in [3.05, 3.63) is 58.6 Å². The average Bonchev–Trinajstić information content (AvgIpc) is 2.39. The van der Waals surface area contributed by atoms with Gasteiger partial charge in [-0.25, -0.2) is 0 Å². The number of halogens is 1. The molecule has 0 aliphatic heterocycles. The molecule has 0 unspecified atom stereocenters. The van der Waals surface area contributed by atoms with Gasteiger partial charge in [-0.1, -0.05) is 29.8 Å². The van der Waals surface area contributed by atoms with Crippen molar-refractivity contribution in [3.63, 3.8) is 0 Å². The highest BCUT2D eigenvalue weighted by molar-refractivity contribution is 6.30. The molecule has 0 saturated heterocycles. The molecule has 98 valence electrons. The Labute approximate surface area is 115 Å². The molecule has 0 atom stereocenters. The van der Waals surface area contributed by atoms with Gasteiger partial charge in [0, 0.05) is 16.7 Å². The first-order chi connectivity index (χ1) is 9.11. The number of nitrogens with two attached hydrogens (primary N) is 1. The summed E-state index contributed by atoms with van der Waals surface area (Å²) in [6.07, 6.45) is 0. The monoisotopic (exact) mass is 277 g/mol. The molecule has 5 heteroatoms. The summed E-state index contributed by atoms with van der Waals surface area (Å²) in [6.45, 7) is -0.164. The van der Waals surface area contributed by atoms with Crippen molar-refractivity contribution in [2.45, 2.75) is 6.61 Å². The third-order valence-electron chi connectivity index (χ3n) is 2.57. The molecule has 0 bridgehead atoms. The van der Waals surface area contributed by atoms with E-state index >= 15 is 0 Å². The molecule has 0 saturated carbocycles. The Hall–Kier alpha value is -2.04. The molecule has 1 amide bonds.